The molecule has 10 nitrogen and oxygen atoms in total. The molecule has 262 valence electrons. The molecule has 1 amide bonds. The number of halogens is 4. The summed E-state index contributed by atoms with van der Waals surface area (Å²) in [4.78, 5) is 27.0. The summed E-state index contributed by atoms with van der Waals surface area (Å²) >= 11 is 6.29. The Balaban J connectivity index is 0.000000195. The molecule has 14 heteroatoms. The van der Waals surface area contributed by atoms with Crippen LogP contribution in [0.25, 0.3) is 16.9 Å². The molecular formula is C36H37ClF3N7O3. The Labute approximate surface area is 292 Å². The van der Waals surface area contributed by atoms with Gasteiger partial charge in [-0.15, -0.1) is 0 Å². The van der Waals surface area contributed by atoms with Crippen molar-refractivity contribution in [3.8, 4) is 16.9 Å². The van der Waals surface area contributed by atoms with Crippen LogP contribution in [0.4, 0.5) is 19.0 Å². The zero-order valence-corrected chi connectivity index (χ0v) is 29.1. The van der Waals surface area contributed by atoms with Gasteiger partial charge in [-0.05, 0) is 55.4 Å². The van der Waals surface area contributed by atoms with Gasteiger partial charge in [0, 0.05) is 37.8 Å². The van der Waals surface area contributed by atoms with Crippen molar-refractivity contribution in [1.29, 1.82) is 0 Å². The number of aryl methyl sites for hydroxylation is 2. The largest absolute Gasteiger partial charge is 0.489 e. The maximum absolute atomic E-state index is 14.5. The first-order valence-electron chi connectivity index (χ1n) is 15.9. The molecule has 0 aliphatic carbocycles. The summed E-state index contributed by atoms with van der Waals surface area (Å²) in [7, 11) is 2.97. The predicted octanol–water partition coefficient (Wildman–Crippen LogP) is 7.08. The van der Waals surface area contributed by atoms with Crippen molar-refractivity contribution >= 4 is 34.8 Å². The van der Waals surface area contributed by atoms with Crippen LogP contribution < -0.4 is 15.0 Å². The number of fused-ring (bicyclic) bond motifs is 1. The van der Waals surface area contributed by atoms with Gasteiger partial charge in [-0.2, -0.15) is 19.6 Å². The number of benzene rings is 3. The van der Waals surface area contributed by atoms with Crippen molar-refractivity contribution in [2.75, 3.05) is 32.1 Å². The minimum atomic E-state index is -1.04. The molecule has 1 N–H and O–H groups in total. The fourth-order valence-electron chi connectivity index (χ4n) is 5.63. The van der Waals surface area contributed by atoms with Gasteiger partial charge in [0.1, 0.15) is 54.2 Å². The van der Waals surface area contributed by atoms with Crippen molar-refractivity contribution in [2.45, 2.75) is 40.2 Å². The third-order valence-corrected chi connectivity index (χ3v) is 8.60. The van der Waals surface area contributed by atoms with Crippen LogP contribution in [0, 0.1) is 37.2 Å². The fraction of sp³-hybridized carbons (Fsp3) is 0.306. The lowest BCUT2D eigenvalue weighted by Crippen LogP contribution is -2.35. The monoisotopic (exact) mass is 707 g/mol. The first kappa shape index (κ1) is 36.1. The second kappa shape index (κ2) is 16.0. The van der Waals surface area contributed by atoms with Crippen molar-refractivity contribution in [3.05, 3.63) is 106 Å². The maximum atomic E-state index is 14.5. The lowest BCUT2D eigenvalue weighted by molar-refractivity contribution is -0.114. The lowest BCUT2D eigenvalue weighted by Gasteiger charge is -2.33. The van der Waals surface area contributed by atoms with Crippen LogP contribution in [-0.2, 0) is 16.2 Å². The van der Waals surface area contributed by atoms with Crippen molar-refractivity contribution in [2.24, 2.45) is 11.1 Å². The van der Waals surface area contributed by atoms with Crippen LogP contribution in [0.2, 0.25) is 5.15 Å². The topological polar surface area (TPSA) is 106 Å². The van der Waals surface area contributed by atoms with Crippen LogP contribution in [0.15, 0.2) is 66.1 Å². The lowest BCUT2D eigenvalue weighted by atomic mass is 9.98. The van der Waals surface area contributed by atoms with E-state index in [0.29, 0.717) is 49.1 Å². The van der Waals surface area contributed by atoms with Gasteiger partial charge in [-0.1, -0.05) is 60.1 Å². The summed E-state index contributed by atoms with van der Waals surface area (Å²) in [5.41, 5.74) is 3.59. The average molecular weight is 708 g/mol. The number of oxime groups is 1. The van der Waals surface area contributed by atoms with E-state index in [4.69, 9.17) is 21.2 Å². The van der Waals surface area contributed by atoms with Crippen LogP contribution >= 0.6 is 11.6 Å². The number of nitrogens with zero attached hydrogens (tertiary/aromatic N) is 6. The number of anilines is 1. The molecule has 1 fully saturated rings. The van der Waals surface area contributed by atoms with Crippen molar-refractivity contribution in [1.82, 2.24) is 24.9 Å². The van der Waals surface area contributed by atoms with E-state index in [-0.39, 0.29) is 28.1 Å². The van der Waals surface area contributed by atoms with Crippen LogP contribution in [-0.4, -0.2) is 58.4 Å². The summed E-state index contributed by atoms with van der Waals surface area (Å²) in [6, 6.07) is 14.8. The van der Waals surface area contributed by atoms with E-state index >= 15 is 0 Å². The summed E-state index contributed by atoms with van der Waals surface area (Å²) in [6.07, 6.45) is 3.14. The second-order valence-corrected chi connectivity index (χ2v) is 12.3. The van der Waals surface area contributed by atoms with Crippen LogP contribution in [0.3, 0.4) is 0 Å². The number of aromatic nitrogens is 4. The molecule has 0 saturated carbocycles. The van der Waals surface area contributed by atoms with Gasteiger partial charge in [-0.3, -0.25) is 4.79 Å². The molecule has 1 aliphatic rings. The Hall–Kier alpha value is -5.17. The van der Waals surface area contributed by atoms with Gasteiger partial charge in [0.15, 0.2) is 5.71 Å². The van der Waals surface area contributed by atoms with E-state index in [1.54, 1.807) is 7.05 Å². The SMILES string of the molecule is CC1CCN(c2c(-c3c(F)cc(F)cc3F)c(Cl)nc3ncnn23)CC1.CNC(=O)/C(=N/OC)c1ccccc1COc1cc(C)ccc1C. The highest BCUT2D eigenvalue weighted by Crippen LogP contribution is 2.40. The number of carbonyl (C=O) groups is 1. The Morgan fingerprint density at radius 3 is 2.42 bits per heavy atom. The highest BCUT2D eigenvalue weighted by Gasteiger charge is 2.29. The molecular weight excluding hydrogens is 671 g/mol. The highest BCUT2D eigenvalue weighted by molar-refractivity contribution is 6.45. The number of nitrogens with one attached hydrogen (secondary N) is 1. The summed E-state index contributed by atoms with van der Waals surface area (Å²) < 4.78 is 49.7. The molecule has 2 aromatic heterocycles. The Kier molecular flexibility index (Phi) is 11.6. The van der Waals surface area contributed by atoms with E-state index in [2.05, 4.69) is 32.5 Å². The second-order valence-electron chi connectivity index (χ2n) is 11.9. The first-order chi connectivity index (χ1) is 24.0. The Bertz CT molecular complexity index is 2010. The Morgan fingerprint density at radius 2 is 1.74 bits per heavy atom. The number of rotatable bonds is 8. The fourth-order valence-corrected chi connectivity index (χ4v) is 5.88. The van der Waals surface area contributed by atoms with E-state index in [9.17, 15) is 18.0 Å². The summed E-state index contributed by atoms with van der Waals surface area (Å²) in [6.45, 7) is 7.86. The number of amides is 1. The van der Waals surface area contributed by atoms with Gasteiger partial charge in [0.05, 0.1) is 11.1 Å². The zero-order valence-electron chi connectivity index (χ0n) is 28.3. The Morgan fingerprint density at radius 1 is 1.04 bits per heavy atom. The molecule has 1 aliphatic heterocycles. The van der Waals surface area contributed by atoms with Crippen LogP contribution in [0.5, 0.6) is 5.75 Å². The molecule has 5 aromatic rings. The molecule has 1 saturated heterocycles. The molecule has 0 bridgehead atoms. The molecule has 3 heterocycles. The zero-order chi connectivity index (χ0) is 35.9. The predicted molar refractivity (Wildman–Crippen MR) is 186 cm³/mol. The number of hydrogen-bond acceptors (Lipinski definition) is 8. The summed E-state index contributed by atoms with van der Waals surface area (Å²) in [5, 5.41) is 10.5. The highest BCUT2D eigenvalue weighted by atomic mass is 35.5. The van der Waals surface area contributed by atoms with Gasteiger partial charge >= 0.3 is 0 Å². The molecule has 0 radical (unpaired) electrons. The van der Waals surface area contributed by atoms with E-state index in [1.165, 1.54) is 18.0 Å². The van der Waals surface area contributed by atoms with E-state index in [1.807, 2.05) is 61.2 Å². The smallest absolute Gasteiger partial charge is 0.273 e. The molecule has 0 spiro atoms. The van der Waals surface area contributed by atoms with Crippen molar-refractivity contribution in [3.63, 3.8) is 0 Å². The standard InChI is InChI=1S/C19H22N2O3.C17H15ClF3N5/c1-13-9-10-14(2)17(11-13)24-12-15-7-5-6-8-16(15)18(21-23-4)19(22)20-3;1-9-2-4-25(5-3-9)16-14(13-11(20)6-10(19)7-12(13)21)15(18)24-17-22-8-23-26(16)17/h5-11H,12H2,1-4H3,(H,20,22);6-9H,2-5H2,1H3/b21-18+;. The number of piperidine rings is 1. The average Bonchev–Trinajstić information content (AvgIpc) is 3.56. The minimum absolute atomic E-state index is 0.0502. The van der Waals surface area contributed by atoms with Crippen LogP contribution in [0.1, 0.15) is 42.0 Å². The molecule has 3 aromatic carbocycles. The van der Waals surface area contributed by atoms with Gasteiger partial charge in [0.2, 0.25) is 0 Å². The molecule has 50 heavy (non-hydrogen) atoms. The normalized spacial score (nSPS) is 13.5. The first-order valence-corrected chi connectivity index (χ1v) is 16.3. The third kappa shape index (κ3) is 7.99. The van der Waals surface area contributed by atoms with Crippen molar-refractivity contribution < 1.29 is 27.5 Å². The number of ether oxygens (including phenoxy) is 1. The molecule has 6 rings (SSSR count). The minimum Gasteiger partial charge on any atom is -0.489 e. The van der Waals surface area contributed by atoms with Gasteiger partial charge < -0.3 is 19.8 Å². The van der Waals surface area contributed by atoms with E-state index < -0.39 is 23.0 Å². The maximum Gasteiger partial charge on any atom is 0.273 e. The molecule has 0 unspecified atom stereocenters. The summed E-state index contributed by atoms with van der Waals surface area (Å²) in [5.74, 6) is -1.37. The van der Waals surface area contributed by atoms with Gasteiger partial charge in [-0.25, -0.2) is 13.2 Å². The van der Waals surface area contributed by atoms with E-state index in [0.717, 1.165) is 35.3 Å². The van der Waals surface area contributed by atoms with Gasteiger partial charge in [0.25, 0.3) is 11.7 Å². The third-order valence-electron chi connectivity index (χ3n) is 8.32. The number of carbonyl (C=O) groups excluding carboxylic acids is 1. The molecule has 0 atom stereocenters. The number of likely N-dealkylation sites (N-methyl/N-ethyl adjacent to an activating group) is 1. The number of hydrogen-bond donors (Lipinski definition) is 1. The quantitative estimate of drug-likeness (QED) is 0.104.